The Balaban J connectivity index is 1.28. The molecule has 2 N–H and O–H groups in total. The Morgan fingerprint density at radius 1 is 0.756 bits per heavy atom. The summed E-state index contributed by atoms with van der Waals surface area (Å²) in [4.78, 5) is 0. The van der Waals surface area contributed by atoms with Gasteiger partial charge >= 0.3 is 12.1 Å². The van der Waals surface area contributed by atoms with Gasteiger partial charge in [0.2, 0.25) is 0 Å². The molecule has 0 fully saturated rings. The highest BCUT2D eigenvalue weighted by molar-refractivity contribution is 7.99. The Morgan fingerprint density at radius 3 is 2.12 bits per heavy atom. The summed E-state index contributed by atoms with van der Waals surface area (Å²) < 4.78 is 74.1. The maximum Gasteiger partial charge on any atom is 0.453 e. The van der Waals surface area contributed by atoms with Crippen LogP contribution in [0.4, 0.5) is 22.0 Å². The predicted molar refractivity (Wildman–Crippen MR) is 151 cm³/mol. The Hall–Kier alpha value is -3.40. The molecule has 0 radical (unpaired) electrons. The van der Waals surface area contributed by atoms with Crippen LogP contribution in [0.3, 0.4) is 0 Å². The minimum Gasteiger partial charge on any atom is -0.508 e. The van der Waals surface area contributed by atoms with Crippen LogP contribution in [0.1, 0.15) is 48.8 Å². The van der Waals surface area contributed by atoms with E-state index in [9.17, 15) is 32.2 Å². The van der Waals surface area contributed by atoms with Crippen molar-refractivity contribution in [3.05, 3.63) is 83.4 Å². The van der Waals surface area contributed by atoms with Gasteiger partial charge in [0.15, 0.2) is 0 Å². The Kier molecular flexibility index (Phi) is 10.1. The van der Waals surface area contributed by atoms with Crippen LogP contribution in [0.2, 0.25) is 0 Å². The van der Waals surface area contributed by atoms with Crippen molar-refractivity contribution in [2.24, 2.45) is 0 Å². The number of fused-ring (bicyclic) bond motifs is 1. The third-order valence-corrected chi connectivity index (χ3v) is 7.82. The second-order valence-corrected chi connectivity index (χ2v) is 10.9. The van der Waals surface area contributed by atoms with Crippen LogP contribution in [0.5, 0.6) is 23.0 Å². The number of benzene rings is 3. The molecule has 4 rings (SSSR count). The van der Waals surface area contributed by atoms with E-state index >= 15 is 0 Å². The summed E-state index contributed by atoms with van der Waals surface area (Å²) >= 11 is 1.39. The van der Waals surface area contributed by atoms with Crippen molar-refractivity contribution in [2.45, 2.75) is 44.2 Å². The maximum atomic E-state index is 12.9. The second kappa shape index (κ2) is 13.5. The van der Waals surface area contributed by atoms with E-state index in [0.29, 0.717) is 30.5 Å². The molecule has 41 heavy (non-hydrogen) atoms. The van der Waals surface area contributed by atoms with Crippen molar-refractivity contribution in [1.29, 1.82) is 0 Å². The number of alkyl halides is 5. The average molecular weight is 595 g/mol. The molecule has 0 atom stereocenters. The molecule has 0 aromatic heterocycles. The van der Waals surface area contributed by atoms with E-state index in [1.807, 2.05) is 42.5 Å². The summed E-state index contributed by atoms with van der Waals surface area (Å²) in [5.41, 5.74) is 4.61. The van der Waals surface area contributed by atoms with Gasteiger partial charge in [0.1, 0.15) is 29.6 Å². The van der Waals surface area contributed by atoms with Gasteiger partial charge in [-0.05, 0) is 90.3 Å². The second-order valence-electron chi connectivity index (χ2n) is 9.72. The van der Waals surface area contributed by atoms with Crippen molar-refractivity contribution in [2.75, 3.05) is 24.7 Å². The first kappa shape index (κ1) is 30.6. The number of hydrogen-bond donors (Lipinski definition) is 2. The van der Waals surface area contributed by atoms with Gasteiger partial charge in [-0.2, -0.15) is 33.7 Å². The fourth-order valence-electron chi connectivity index (χ4n) is 4.47. The van der Waals surface area contributed by atoms with Gasteiger partial charge in [-0.15, -0.1) is 0 Å². The number of halogens is 5. The zero-order valence-corrected chi connectivity index (χ0v) is 23.0. The molecule has 0 saturated heterocycles. The summed E-state index contributed by atoms with van der Waals surface area (Å²) in [5, 5.41) is 19.7. The van der Waals surface area contributed by atoms with E-state index in [1.54, 1.807) is 24.3 Å². The molecule has 1 aliphatic rings. The van der Waals surface area contributed by atoms with E-state index in [-0.39, 0.29) is 23.7 Å². The van der Waals surface area contributed by atoms with Gasteiger partial charge in [-0.3, -0.25) is 0 Å². The monoisotopic (exact) mass is 594 g/mol. The lowest BCUT2D eigenvalue weighted by atomic mass is 9.87. The molecule has 220 valence electrons. The van der Waals surface area contributed by atoms with Crippen molar-refractivity contribution in [1.82, 2.24) is 0 Å². The third kappa shape index (κ3) is 8.09. The topological polar surface area (TPSA) is 58.9 Å². The van der Waals surface area contributed by atoms with Crippen molar-refractivity contribution in [3.63, 3.8) is 0 Å². The zero-order valence-electron chi connectivity index (χ0n) is 22.2. The Bertz CT molecular complexity index is 1320. The molecule has 0 unspecified atom stereocenters. The minimum atomic E-state index is -5.48. The summed E-state index contributed by atoms with van der Waals surface area (Å²) in [6.07, 6.45) is -4.35. The van der Waals surface area contributed by atoms with Crippen LogP contribution in [0, 0.1) is 0 Å². The van der Waals surface area contributed by atoms with Crippen LogP contribution < -0.4 is 9.47 Å². The molecule has 1 aliphatic heterocycles. The van der Waals surface area contributed by atoms with E-state index in [0.717, 1.165) is 47.1 Å². The van der Waals surface area contributed by atoms with E-state index < -0.39 is 18.5 Å². The molecular weight excluding hydrogens is 563 g/mol. The Labute approximate surface area is 239 Å². The highest BCUT2D eigenvalue weighted by atomic mass is 32.2. The number of hydrogen-bond acceptors (Lipinski definition) is 5. The molecule has 0 aliphatic carbocycles. The van der Waals surface area contributed by atoms with Crippen LogP contribution in [-0.2, 0) is 0 Å². The molecule has 10 heteroatoms. The summed E-state index contributed by atoms with van der Waals surface area (Å²) in [7, 11) is 0. The molecule has 3 aromatic rings. The Morgan fingerprint density at radius 2 is 1.41 bits per heavy atom. The molecule has 0 spiro atoms. The fraction of sp³-hybridized carbons (Fsp3) is 0.355. The minimum absolute atomic E-state index is 0.115. The van der Waals surface area contributed by atoms with Crippen LogP contribution in [0.15, 0.2) is 66.7 Å². The van der Waals surface area contributed by atoms with Crippen molar-refractivity contribution >= 4 is 22.9 Å². The number of aromatic hydroxyl groups is 2. The summed E-state index contributed by atoms with van der Waals surface area (Å²) in [6.45, 7) is 0.798. The molecule has 1 heterocycles. The maximum absolute atomic E-state index is 12.9. The van der Waals surface area contributed by atoms with Crippen LogP contribution in [0.25, 0.3) is 11.1 Å². The quantitative estimate of drug-likeness (QED) is 0.153. The molecule has 0 saturated carbocycles. The summed E-state index contributed by atoms with van der Waals surface area (Å²) in [5.74, 6) is -2.06. The van der Waals surface area contributed by atoms with E-state index in [1.165, 1.54) is 11.8 Å². The lowest BCUT2D eigenvalue weighted by Gasteiger charge is -2.25. The number of thioether (sulfide) groups is 1. The average Bonchev–Trinajstić information content (AvgIpc) is 2.93. The summed E-state index contributed by atoms with van der Waals surface area (Å²) in [6, 6.07) is 19.7. The number of phenols is 2. The van der Waals surface area contributed by atoms with Gasteiger partial charge in [0, 0.05) is 23.6 Å². The van der Waals surface area contributed by atoms with E-state index in [2.05, 4.69) is 0 Å². The zero-order chi connectivity index (χ0) is 29.5. The first-order valence-electron chi connectivity index (χ1n) is 13.3. The number of rotatable bonds is 13. The highest BCUT2D eigenvalue weighted by Crippen LogP contribution is 2.43. The highest BCUT2D eigenvalue weighted by Gasteiger charge is 2.56. The standard InChI is InChI=1S/C31H31F5O4S/c32-30(33,31(34,35)36)15-4-18-41-17-3-1-2-16-39-25-12-7-22(8-13-25)29-26-14-11-24(38)19-28(26)40-20-27(29)21-5-9-23(37)10-6-21/h5-14,19,37-38H,1-4,15-18,20H2. The smallest absolute Gasteiger partial charge is 0.453 e. The number of phenolic OH excluding ortho intramolecular Hbond substituents is 2. The first-order chi connectivity index (χ1) is 19.5. The van der Waals surface area contributed by atoms with E-state index in [4.69, 9.17) is 9.47 Å². The largest absolute Gasteiger partial charge is 0.508 e. The number of unbranched alkanes of at least 4 members (excludes halogenated alkanes) is 2. The van der Waals surface area contributed by atoms with Gasteiger partial charge in [0.05, 0.1) is 6.61 Å². The van der Waals surface area contributed by atoms with Crippen LogP contribution >= 0.6 is 11.8 Å². The normalized spacial score (nSPS) is 13.6. The predicted octanol–water partition coefficient (Wildman–Crippen LogP) is 8.71. The molecular formula is C31H31F5O4S. The van der Waals surface area contributed by atoms with Crippen molar-refractivity contribution in [3.8, 4) is 23.0 Å². The third-order valence-electron chi connectivity index (χ3n) is 6.66. The molecule has 3 aromatic carbocycles. The lowest BCUT2D eigenvalue weighted by Crippen LogP contribution is -2.36. The first-order valence-corrected chi connectivity index (χ1v) is 14.4. The van der Waals surface area contributed by atoms with Gasteiger partial charge in [0.25, 0.3) is 0 Å². The van der Waals surface area contributed by atoms with Gasteiger partial charge in [-0.25, -0.2) is 0 Å². The molecule has 0 amide bonds. The fourth-order valence-corrected chi connectivity index (χ4v) is 5.43. The van der Waals surface area contributed by atoms with Crippen molar-refractivity contribution < 1.29 is 41.6 Å². The van der Waals surface area contributed by atoms with Gasteiger partial charge < -0.3 is 19.7 Å². The molecule has 0 bridgehead atoms. The lowest BCUT2D eigenvalue weighted by molar-refractivity contribution is -0.284. The number of ether oxygens (including phenoxy) is 2. The van der Waals surface area contributed by atoms with Crippen LogP contribution in [-0.4, -0.2) is 47.0 Å². The van der Waals surface area contributed by atoms with Gasteiger partial charge in [-0.1, -0.05) is 24.3 Å². The SMILES string of the molecule is Oc1ccc(C2=C(c3ccc(OCCCCCSCCCC(F)(F)C(F)(F)F)cc3)c3ccc(O)cc3OC2)cc1. The molecule has 4 nitrogen and oxygen atoms in total.